The van der Waals surface area contributed by atoms with Gasteiger partial charge in [0.25, 0.3) is 0 Å². The van der Waals surface area contributed by atoms with Gasteiger partial charge in [0.1, 0.15) is 5.75 Å². The van der Waals surface area contributed by atoms with Gasteiger partial charge in [0, 0.05) is 11.5 Å². The van der Waals surface area contributed by atoms with Crippen molar-refractivity contribution in [1.29, 1.82) is 0 Å². The van der Waals surface area contributed by atoms with Crippen molar-refractivity contribution in [2.45, 2.75) is 0 Å². The first kappa shape index (κ1) is 12.2. The second-order valence-electron chi connectivity index (χ2n) is 4.24. The van der Waals surface area contributed by atoms with E-state index in [2.05, 4.69) is 4.98 Å². The van der Waals surface area contributed by atoms with Gasteiger partial charge in [-0.15, -0.1) is 0 Å². The van der Waals surface area contributed by atoms with Crippen molar-refractivity contribution in [2.75, 3.05) is 0 Å². The first-order valence-electron chi connectivity index (χ1n) is 6.10. The Hall–Kier alpha value is -2.88. The minimum Gasteiger partial charge on any atom is -0.478 e. The molecule has 0 bridgehead atoms. The smallest absolute Gasteiger partial charge is 0.336 e. The first-order chi connectivity index (χ1) is 9.74. The Labute approximate surface area is 115 Å². The van der Waals surface area contributed by atoms with Crippen LogP contribution in [0.2, 0.25) is 0 Å². The lowest BCUT2D eigenvalue weighted by molar-refractivity contribution is 0.0699. The van der Waals surface area contributed by atoms with E-state index in [-0.39, 0.29) is 5.56 Å². The van der Waals surface area contributed by atoms with Gasteiger partial charge in [0.05, 0.1) is 11.1 Å². The third-order valence-corrected chi connectivity index (χ3v) is 2.90. The molecule has 4 nitrogen and oxygen atoms in total. The maximum Gasteiger partial charge on any atom is 0.336 e. The first-order valence-corrected chi connectivity index (χ1v) is 6.10. The number of aromatic nitrogens is 1. The number of carbonyl (C=O) groups is 1. The zero-order valence-electron chi connectivity index (χ0n) is 10.5. The number of carboxylic acids is 1. The summed E-state index contributed by atoms with van der Waals surface area (Å²) in [5, 5.41) is 9.73. The van der Waals surface area contributed by atoms with Crippen LogP contribution >= 0.6 is 0 Å². The fourth-order valence-corrected chi connectivity index (χ4v) is 1.99. The predicted molar refractivity (Wildman–Crippen MR) is 75.2 cm³/mol. The molecule has 20 heavy (non-hydrogen) atoms. The lowest BCUT2D eigenvalue weighted by Crippen LogP contribution is -1.98. The maximum atomic E-state index is 11.1. The molecule has 0 fully saturated rings. The van der Waals surface area contributed by atoms with E-state index in [1.165, 1.54) is 0 Å². The van der Waals surface area contributed by atoms with E-state index in [4.69, 9.17) is 9.84 Å². The van der Waals surface area contributed by atoms with Crippen molar-refractivity contribution in [1.82, 2.24) is 4.98 Å². The molecule has 4 heteroatoms. The van der Waals surface area contributed by atoms with Gasteiger partial charge in [-0.3, -0.25) is 0 Å². The number of carboxylic acid groups (broad SMARTS) is 1. The second-order valence-corrected chi connectivity index (χ2v) is 4.24. The van der Waals surface area contributed by atoms with Gasteiger partial charge >= 0.3 is 5.97 Å². The molecule has 0 aliphatic carbocycles. The van der Waals surface area contributed by atoms with E-state index in [1.54, 1.807) is 30.3 Å². The van der Waals surface area contributed by atoms with Crippen LogP contribution in [0.25, 0.3) is 10.9 Å². The number of rotatable bonds is 3. The Kier molecular flexibility index (Phi) is 3.05. The van der Waals surface area contributed by atoms with Gasteiger partial charge in [-0.25, -0.2) is 9.78 Å². The predicted octanol–water partition coefficient (Wildman–Crippen LogP) is 3.73. The number of para-hydroxylation sites is 1. The van der Waals surface area contributed by atoms with Crippen molar-refractivity contribution >= 4 is 16.9 Å². The van der Waals surface area contributed by atoms with Crippen LogP contribution < -0.4 is 4.74 Å². The molecule has 0 atom stereocenters. The second kappa shape index (κ2) is 5.01. The minimum absolute atomic E-state index is 0.237. The molecule has 0 amide bonds. The molecule has 0 aliphatic heterocycles. The van der Waals surface area contributed by atoms with E-state index in [9.17, 15) is 4.79 Å². The van der Waals surface area contributed by atoms with Crippen molar-refractivity contribution in [2.24, 2.45) is 0 Å². The van der Waals surface area contributed by atoms with Crippen molar-refractivity contribution in [3.63, 3.8) is 0 Å². The maximum absolute atomic E-state index is 11.1. The molecule has 0 aliphatic rings. The molecule has 0 radical (unpaired) electrons. The molecule has 2 aromatic carbocycles. The van der Waals surface area contributed by atoms with E-state index in [1.807, 2.05) is 30.3 Å². The van der Waals surface area contributed by atoms with Gasteiger partial charge in [0.15, 0.2) is 0 Å². The number of fused-ring (bicyclic) bond motifs is 1. The van der Waals surface area contributed by atoms with Crippen LogP contribution in [0.3, 0.4) is 0 Å². The Morgan fingerprint density at radius 2 is 1.75 bits per heavy atom. The zero-order valence-corrected chi connectivity index (χ0v) is 10.5. The normalized spacial score (nSPS) is 10.4. The number of benzene rings is 2. The van der Waals surface area contributed by atoms with Crippen molar-refractivity contribution in [3.8, 4) is 11.6 Å². The van der Waals surface area contributed by atoms with Crippen LogP contribution in [0.1, 0.15) is 10.4 Å². The van der Waals surface area contributed by atoms with Gasteiger partial charge < -0.3 is 9.84 Å². The standard InChI is InChI=1S/C16H11NO3/c18-16(19)13-7-4-8-14-12(13)9-10-15(17-14)20-11-5-2-1-3-6-11/h1-10H,(H,18,19). The van der Waals surface area contributed by atoms with Gasteiger partial charge in [-0.05, 0) is 30.3 Å². The topological polar surface area (TPSA) is 59.4 Å². The van der Waals surface area contributed by atoms with Crippen LogP contribution in [-0.4, -0.2) is 16.1 Å². The molecule has 3 aromatic rings. The summed E-state index contributed by atoms with van der Waals surface area (Å²) in [6.07, 6.45) is 0. The average Bonchev–Trinajstić information content (AvgIpc) is 2.47. The van der Waals surface area contributed by atoms with Gasteiger partial charge in [0.2, 0.25) is 5.88 Å². The third-order valence-electron chi connectivity index (χ3n) is 2.90. The number of pyridine rings is 1. The number of hydrogen-bond acceptors (Lipinski definition) is 3. The average molecular weight is 265 g/mol. The van der Waals surface area contributed by atoms with E-state index in [0.29, 0.717) is 22.5 Å². The molecular formula is C16H11NO3. The SMILES string of the molecule is O=C(O)c1cccc2nc(Oc3ccccc3)ccc12. The molecule has 98 valence electrons. The van der Waals surface area contributed by atoms with Crippen LogP contribution in [-0.2, 0) is 0 Å². The largest absolute Gasteiger partial charge is 0.478 e. The van der Waals surface area contributed by atoms with E-state index >= 15 is 0 Å². The van der Waals surface area contributed by atoms with Crippen LogP contribution in [0.15, 0.2) is 60.7 Å². The Morgan fingerprint density at radius 3 is 2.50 bits per heavy atom. The highest BCUT2D eigenvalue weighted by atomic mass is 16.5. The van der Waals surface area contributed by atoms with Crippen molar-refractivity contribution < 1.29 is 14.6 Å². The molecule has 0 unspecified atom stereocenters. The molecule has 0 saturated heterocycles. The fourth-order valence-electron chi connectivity index (χ4n) is 1.99. The van der Waals surface area contributed by atoms with Gasteiger partial charge in [-0.1, -0.05) is 24.3 Å². The van der Waals surface area contributed by atoms with E-state index in [0.717, 1.165) is 0 Å². The highest BCUT2D eigenvalue weighted by Gasteiger charge is 2.09. The number of nitrogens with zero attached hydrogens (tertiary/aromatic N) is 1. The number of hydrogen-bond donors (Lipinski definition) is 1. The van der Waals surface area contributed by atoms with Crippen LogP contribution in [0.4, 0.5) is 0 Å². The summed E-state index contributed by atoms with van der Waals surface area (Å²) in [6, 6.07) is 17.7. The molecule has 1 heterocycles. The summed E-state index contributed by atoms with van der Waals surface area (Å²) in [7, 11) is 0. The highest BCUT2D eigenvalue weighted by molar-refractivity contribution is 6.02. The lowest BCUT2D eigenvalue weighted by Gasteiger charge is -2.06. The summed E-state index contributed by atoms with van der Waals surface area (Å²) >= 11 is 0. The summed E-state index contributed by atoms with van der Waals surface area (Å²) in [5.74, 6) is 0.161. The summed E-state index contributed by atoms with van der Waals surface area (Å²) < 4.78 is 5.63. The minimum atomic E-state index is -0.964. The monoisotopic (exact) mass is 265 g/mol. The van der Waals surface area contributed by atoms with Gasteiger partial charge in [-0.2, -0.15) is 0 Å². The third kappa shape index (κ3) is 2.31. The lowest BCUT2D eigenvalue weighted by atomic mass is 10.1. The van der Waals surface area contributed by atoms with Crippen LogP contribution in [0, 0.1) is 0 Å². The summed E-state index contributed by atoms with van der Waals surface area (Å²) in [6.45, 7) is 0. The van der Waals surface area contributed by atoms with Crippen LogP contribution in [0.5, 0.6) is 11.6 Å². The Bertz CT molecular complexity index is 769. The number of aromatic carboxylic acids is 1. The summed E-state index contributed by atoms with van der Waals surface area (Å²) in [4.78, 5) is 15.5. The molecule has 0 spiro atoms. The summed E-state index contributed by atoms with van der Waals surface area (Å²) in [5.41, 5.74) is 0.833. The molecule has 1 aromatic heterocycles. The fraction of sp³-hybridized carbons (Fsp3) is 0. The quantitative estimate of drug-likeness (QED) is 0.784. The zero-order chi connectivity index (χ0) is 13.9. The van der Waals surface area contributed by atoms with E-state index < -0.39 is 5.97 Å². The van der Waals surface area contributed by atoms with Crippen molar-refractivity contribution in [3.05, 3.63) is 66.2 Å². The molecular weight excluding hydrogens is 254 g/mol. The molecule has 1 N–H and O–H groups in total. The number of ether oxygens (including phenoxy) is 1. The molecule has 0 saturated carbocycles. The highest BCUT2D eigenvalue weighted by Crippen LogP contribution is 2.24. The molecule has 3 rings (SSSR count). The Balaban J connectivity index is 2.01. The Morgan fingerprint density at radius 1 is 0.950 bits per heavy atom.